The lowest BCUT2D eigenvalue weighted by atomic mass is 9.98. The molecular formula is C32H29NO4. The van der Waals surface area contributed by atoms with Gasteiger partial charge in [0.25, 0.3) is 0 Å². The molecule has 0 spiro atoms. The Balaban J connectivity index is 1.54. The first-order chi connectivity index (χ1) is 18.1. The minimum atomic E-state index is 0.417. The molecule has 0 aliphatic carbocycles. The molecule has 1 heterocycles. The average molecular weight is 492 g/mol. The second kappa shape index (κ2) is 11.0. The third kappa shape index (κ3) is 5.51. The van der Waals surface area contributed by atoms with E-state index in [9.17, 15) is 0 Å². The summed E-state index contributed by atoms with van der Waals surface area (Å²) in [5, 5.41) is 4.31. The highest BCUT2D eigenvalue weighted by molar-refractivity contribution is 5.84. The molecule has 0 radical (unpaired) electrons. The fourth-order valence-electron chi connectivity index (χ4n) is 4.24. The van der Waals surface area contributed by atoms with Crippen molar-refractivity contribution in [3.8, 4) is 39.7 Å². The summed E-state index contributed by atoms with van der Waals surface area (Å²) in [6.07, 6.45) is 0. The van der Waals surface area contributed by atoms with Crippen LogP contribution in [0.25, 0.3) is 22.5 Å². The minimum absolute atomic E-state index is 0.417. The van der Waals surface area contributed by atoms with Crippen LogP contribution in [0.3, 0.4) is 0 Å². The summed E-state index contributed by atoms with van der Waals surface area (Å²) < 4.78 is 23.8. The average Bonchev–Trinajstić information content (AvgIpc) is 3.33. The van der Waals surface area contributed by atoms with Crippen molar-refractivity contribution in [2.24, 2.45) is 0 Å². The molecule has 37 heavy (non-hydrogen) atoms. The van der Waals surface area contributed by atoms with Gasteiger partial charge in [0.1, 0.15) is 30.5 Å². The summed E-state index contributed by atoms with van der Waals surface area (Å²) >= 11 is 0. The predicted octanol–water partition coefficient (Wildman–Crippen LogP) is 7.79. The van der Waals surface area contributed by atoms with Gasteiger partial charge >= 0.3 is 0 Å². The highest BCUT2D eigenvalue weighted by Gasteiger charge is 2.22. The number of ether oxygens (including phenoxy) is 3. The molecular weight excluding hydrogens is 462 g/mol. The topological polar surface area (TPSA) is 53.7 Å². The Morgan fingerprint density at radius 3 is 1.89 bits per heavy atom. The Hall–Kier alpha value is -4.51. The molecule has 1 aromatic heterocycles. The number of hydrogen-bond donors (Lipinski definition) is 0. The number of nitrogens with zero attached hydrogens (tertiary/aromatic N) is 1. The van der Waals surface area contributed by atoms with E-state index < -0.39 is 0 Å². The smallest absolute Gasteiger partial charge is 0.178 e. The van der Waals surface area contributed by atoms with Crippen molar-refractivity contribution >= 4 is 0 Å². The van der Waals surface area contributed by atoms with Gasteiger partial charge in [-0.3, -0.25) is 0 Å². The fourth-order valence-corrected chi connectivity index (χ4v) is 4.24. The van der Waals surface area contributed by atoms with Crippen LogP contribution >= 0.6 is 0 Å². The molecule has 0 unspecified atom stereocenters. The van der Waals surface area contributed by atoms with Crippen molar-refractivity contribution in [1.29, 1.82) is 0 Å². The summed E-state index contributed by atoms with van der Waals surface area (Å²) in [6, 6.07) is 32.1. The SMILES string of the molecule is COc1ccc(-c2c(C)noc2-c2cc(C)c(OCc3ccccc3)cc2OCc2ccccc2)cc1. The lowest BCUT2D eigenvalue weighted by Crippen LogP contribution is -2.01. The van der Waals surface area contributed by atoms with Crippen LogP contribution in [0.5, 0.6) is 17.2 Å². The van der Waals surface area contributed by atoms with Gasteiger partial charge < -0.3 is 18.7 Å². The second-order valence-corrected chi connectivity index (χ2v) is 8.86. The molecule has 0 atom stereocenters. The van der Waals surface area contributed by atoms with Crippen LogP contribution in [0, 0.1) is 13.8 Å². The molecule has 5 rings (SSSR count). The minimum Gasteiger partial charge on any atom is -0.497 e. The van der Waals surface area contributed by atoms with E-state index in [4.69, 9.17) is 18.7 Å². The Kier molecular flexibility index (Phi) is 7.22. The molecule has 0 N–H and O–H groups in total. The van der Waals surface area contributed by atoms with Crippen LogP contribution in [-0.4, -0.2) is 12.3 Å². The quantitative estimate of drug-likeness (QED) is 0.211. The zero-order valence-electron chi connectivity index (χ0n) is 21.2. The van der Waals surface area contributed by atoms with Crippen molar-refractivity contribution in [3.05, 3.63) is 119 Å². The maximum Gasteiger partial charge on any atom is 0.178 e. The number of rotatable bonds is 9. The van der Waals surface area contributed by atoms with E-state index in [-0.39, 0.29) is 0 Å². The van der Waals surface area contributed by atoms with E-state index in [0.29, 0.717) is 24.7 Å². The Morgan fingerprint density at radius 2 is 1.30 bits per heavy atom. The lowest BCUT2D eigenvalue weighted by molar-refractivity contribution is 0.288. The highest BCUT2D eigenvalue weighted by atomic mass is 16.5. The van der Waals surface area contributed by atoms with Crippen LogP contribution in [0.4, 0.5) is 0 Å². The maximum absolute atomic E-state index is 6.37. The van der Waals surface area contributed by atoms with Gasteiger partial charge in [0, 0.05) is 6.07 Å². The van der Waals surface area contributed by atoms with Gasteiger partial charge in [-0.1, -0.05) is 78.0 Å². The van der Waals surface area contributed by atoms with Gasteiger partial charge in [0.15, 0.2) is 5.76 Å². The van der Waals surface area contributed by atoms with Crippen LogP contribution in [0.1, 0.15) is 22.4 Å². The Labute approximate surface area is 217 Å². The molecule has 5 heteroatoms. The predicted molar refractivity (Wildman–Crippen MR) is 145 cm³/mol. The zero-order chi connectivity index (χ0) is 25.6. The molecule has 0 amide bonds. The van der Waals surface area contributed by atoms with Gasteiger partial charge in [0.2, 0.25) is 0 Å². The van der Waals surface area contributed by atoms with Crippen molar-refractivity contribution in [3.63, 3.8) is 0 Å². The first kappa shape index (κ1) is 24.2. The number of aryl methyl sites for hydroxylation is 2. The summed E-state index contributed by atoms with van der Waals surface area (Å²) in [4.78, 5) is 0. The van der Waals surface area contributed by atoms with Gasteiger partial charge in [0.05, 0.1) is 23.9 Å². The Bertz CT molecular complexity index is 1460. The van der Waals surface area contributed by atoms with Crippen LogP contribution in [-0.2, 0) is 13.2 Å². The zero-order valence-corrected chi connectivity index (χ0v) is 21.2. The van der Waals surface area contributed by atoms with Crippen molar-refractivity contribution in [2.75, 3.05) is 7.11 Å². The van der Waals surface area contributed by atoms with E-state index in [1.54, 1.807) is 7.11 Å². The molecule has 0 bridgehead atoms. The molecule has 5 nitrogen and oxygen atoms in total. The van der Waals surface area contributed by atoms with Gasteiger partial charge in [-0.2, -0.15) is 0 Å². The molecule has 0 aliphatic heterocycles. The monoisotopic (exact) mass is 491 g/mol. The summed E-state index contributed by atoms with van der Waals surface area (Å²) in [7, 11) is 1.66. The van der Waals surface area contributed by atoms with Gasteiger partial charge in [-0.05, 0) is 54.3 Å². The maximum atomic E-state index is 6.37. The molecule has 0 saturated carbocycles. The van der Waals surface area contributed by atoms with Crippen LogP contribution in [0.2, 0.25) is 0 Å². The van der Waals surface area contributed by atoms with E-state index in [1.165, 1.54) is 0 Å². The third-order valence-corrected chi connectivity index (χ3v) is 6.24. The van der Waals surface area contributed by atoms with Crippen molar-refractivity contribution in [1.82, 2.24) is 5.16 Å². The van der Waals surface area contributed by atoms with E-state index in [0.717, 1.165) is 50.6 Å². The third-order valence-electron chi connectivity index (χ3n) is 6.24. The summed E-state index contributed by atoms with van der Waals surface area (Å²) in [5.41, 5.74) is 6.70. The summed E-state index contributed by atoms with van der Waals surface area (Å²) in [6.45, 7) is 4.86. The van der Waals surface area contributed by atoms with Crippen molar-refractivity contribution in [2.45, 2.75) is 27.1 Å². The normalized spacial score (nSPS) is 10.8. The number of methoxy groups -OCH3 is 1. The van der Waals surface area contributed by atoms with E-state index in [1.807, 2.05) is 98.8 Å². The summed E-state index contributed by atoms with van der Waals surface area (Å²) in [5.74, 6) is 2.88. The standard InChI is InChI=1S/C32H29NO4/c1-22-18-28(32-31(23(2)33-37-32)26-14-16-27(34-3)17-15-26)30(36-21-25-12-8-5-9-13-25)19-29(22)35-20-24-10-6-4-7-11-24/h4-19H,20-21H2,1-3H3. The highest BCUT2D eigenvalue weighted by Crippen LogP contribution is 2.42. The lowest BCUT2D eigenvalue weighted by Gasteiger charge is -2.16. The first-order valence-electron chi connectivity index (χ1n) is 12.2. The number of hydrogen-bond acceptors (Lipinski definition) is 5. The molecule has 5 aromatic rings. The Morgan fingerprint density at radius 1 is 0.703 bits per heavy atom. The van der Waals surface area contributed by atoms with Gasteiger partial charge in [-0.15, -0.1) is 0 Å². The molecule has 0 saturated heterocycles. The molecule has 0 fully saturated rings. The first-order valence-corrected chi connectivity index (χ1v) is 12.2. The van der Waals surface area contributed by atoms with Crippen molar-refractivity contribution < 1.29 is 18.7 Å². The van der Waals surface area contributed by atoms with E-state index in [2.05, 4.69) is 17.3 Å². The number of aromatic nitrogens is 1. The molecule has 0 aliphatic rings. The van der Waals surface area contributed by atoms with Crippen LogP contribution < -0.4 is 14.2 Å². The molecule has 4 aromatic carbocycles. The van der Waals surface area contributed by atoms with Gasteiger partial charge in [-0.25, -0.2) is 0 Å². The molecule has 186 valence electrons. The largest absolute Gasteiger partial charge is 0.497 e. The number of benzene rings is 4. The van der Waals surface area contributed by atoms with Crippen LogP contribution in [0.15, 0.2) is 102 Å². The van der Waals surface area contributed by atoms with E-state index >= 15 is 0 Å². The fraction of sp³-hybridized carbons (Fsp3) is 0.156. The second-order valence-electron chi connectivity index (χ2n) is 8.86.